The van der Waals surface area contributed by atoms with Crippen LogP contribution in [0, 0.1) is 11.8 Å². The Morgan fingerprint density at radius 2 is 1.95 bits per heavy atom. The van der Waals surface area contributed by atoms with Crippen LogP contribution in [0.25, 0.3) is 0 Å². The molecular formula is C15H21N3O2S. The van der Waals surface area contributed by atoms with Gasteiger partial charge in [-0.15, -0.1) is 11.3 Å². The number of carbonyl (C=O) groups excluding carboxylic acids is 2. The minimum Gasteiger partial charge on any atom is -0.342 e. The van der Waals surface area contributed by atoms with E-state index < -0.39 is 0 Å². The monoisotopic (exact) mass is 307 g/mol. The molecule has 0 fully saturated rings. The van der Waals surface area contributed by atoms with Crippen molar-refractivity contribution < 1.29 is 9.59 Å². The number of hydrogen-bond acceptors (Lipinski definition) is 4. The zero-order chi connectivity index (χ0) is 15.8. The maximum Gasteiger partial charge on any atom is 0.264 e. The molecule has 0 aliphatic heterocycles. The average molecular weight is 307 g/mol. The van der Waals surface area contributed by atoms with E-state index in [0.717, 1.165) is 4.88 Å². The minimum atomic E-state index is -0.165. The Morgan fingerprint density at radius 1 is 1.29 bits per heavy atom. The van der Waals surface area contributed by atoms with Crippen molar-refractivity contribution in [2.24, 2.45) is 5.73 Å². The Bertz CT molecular complexity index is 553. The summed E-state index contributed by atoms with van der Waals surface area (Å²) in [4.78, 5) is 28.8. The second-order valence-electron chi connectivity index (χ2n) is 4.40. The molecule has 1 aromatic heterocycles. The van der Waals surface area contributed by atoms with Crippen molar-refractivity contribution >= 4 is 23.2 Å². The van der Waals surface area contributed by atoms with E-state index >= 15 is 0 Å². The highest BCUT2D eigenvalue weighted by molar-refractivity contribution is 7.14. The van der Waals surface area contributed by atoms with Gasteiger partial charge in [-0.25, -0.2) is 0 Å². The van der Waals surface area contributed by atoms with Gasteiger partial charge < -0.3 is 15.5 Å². The second kappa shape index (κ2) is 8.45. The van der Waals surface area contributed by atoms with Crippen LogP contribution in [0.2, 0.25) is 0 Å². The highest BCUT2D eigenvalue weighted by Crippen LogP contribution is 2.17. The molecule has 21 heavy (non-hydrogen) atoms. The average Bonchev–Trinajstić information content (AvgIpc) is 2.94. The summed E-state index contributed by atoms with van der Waals surface area (Å²) in [6.07, 6.45) is 0. The molecule has 1 heterocycles. The van der Waals surface area contributed by atoms with E-state index in [1.54, 1.807) is 24.1 Å². The Morgan fingerprint density at radius 3 is 2.52 bits per heavy atom. The molecule has 2 N–H and O–H groups in total. The maximum atomic E-state index is 12.3. The van der Waals surface area contributed by atoms with E-state index in [-0.39, 0.29) is 18.4 Å². The van der Waals surface area contributed by atoms with Crippen LogP contribution in [0.3, 0.4) is 0 Å². The second-order valence-corrected chi connectivity index (χ2v) is 5.48. The molecule has 0 radical (unpaired) electrons. The quantitative estimate of drug-likeness (QED) is 0.825. The highest BCUT2D eigenvalue weighted by Gasteiger charge is 2.18. The molecule has 0 bridgehead atoms. The summed E-state index contributed by atoms with van der Waals surface area (Å²) in [6, 6.07) is 3.52. The van der Waals surface area contributed by atoms with Crippen molar-refractivity contribution in [1.29, 1.82) is 0 Å². The molecule has 0 saturated heterocycles. The molecule has 0 atom stereocenters. The van der Waals surface area contributed by atoms with Crippen LogP contribution in [-0.4, -0.2) is 54.8 Å². The number of nitrogens with two attached hydrogens (primary N) is 1. The fourth-order valence-corrected chi connectivity index (χ4v) is 2.67. The van der Waals surface area contributed by atoms with E-state index in [1.165, 1.54) is 16.2 Å². The molecule has 6 heteroatoms. The first-order valence-corrected chi connectivity index (χ1v) is 7.67. The predicted octanol–water partition coefficient (Wildman–Crippen LogP) is 0.999. The summed E-state index contributed by atoms with van der Waals surface area (Å²) < 4.78 is 0. The van der Waals surface area contributed by atoms with Gasteiger partial charge in [0, 0.05) is 20.1 Å². The van der Waals surface area contributed by atoms with Crippen LogP contribution in [0.15, 0.2) is 12.1 Å². The molecule has 1 rings (SSSR count). The smallest absolute Gasteiger partial charge is 0.264 e. The number of likely N-dealkylation sites (N-methyl/N-ethyl adjacent to an activating group) is 2. The normalized spacial score (nSPS) is 9.71. The lowest BCUT2D eigenvalue weighted by atomic mass is 10.3. The van der Waals surface area contributed by atoms with Crippen molar-refractivity contribution in [1.82, 2.24) is 9.80 Å². The van der Waals surface area contributed by atoms with Gasteiger partial charge in [0.2, 0.25) is 5.91 Å². The number of nitrogens with zero attached hydrogens (tertiary/aromatic N) is 2. The van der Waals surface area contributed by atoms with Crippen LogP contribution in [0.4, 0.5) is 0 Å². The molecule has 0 aliphatic rings. The van der Waals surface area contributed by atoms with Gasteiger partial charge in [0.25, 0.3) is 5.91 Å². The first-order chi connectivity index (χ1) is 10.0. The van der Waals surface area contributed by atoms with E-state index in [1.807, 2.05) is 13.8 Å². The highest BCUT2D eigenvalue weighted by atomic mass is 32.1. The molecule has 0 aromatic carbocycles. The van der Waals surface area contributed by atoms with Gasteiger partial charge in [-0.1, -0.05) is 11.8 Å². The van der Waals surface area contributed by atoms with Gasteiger partial charge in [-0.3, -0.25) is 9.59 Å². The number of hydrogen-bond donors (Lipinski definition) is 1. The van der Waals surface area contributed by atoms with E-state index in [2.05, 4.69) is 11.8 Å². The molecule has 0 saturated carbocycles. The minimum absolute atomic E-state index is 0.0458. The third-order valence-electron chi connectivity index (χ3n) is 2.97. The van der Waals surface area contributed by atoms with E-state index in [4.69, 9.17) is 5.73 Å². The first kappa shape index (κ1) is 17.2. The lowest BCUT2D eigenvalue weighted by molar-refractivity contribution is -0.131. The first-order valence-electron chi connectivity index (χ1n) is 6.85. The standard InChI is InChI=1S/C15H21N3O2S/c1-4-18(5-2)14(19)11-17(3)15(20)13-9-8-12(21-13)7-6-10-16/h8-9H,4-5,10-11,16H2,1-3H3. The summed E-state index contributed by atoms with van der Waals surface area (Å²) in [6.45, 7) is 5.52. The fraction of sp³-hybridized carbons (Fsp3) is 0.467. The topological polar surface area (TPSA) is 66.6 Å². The summed E-state index contributed by atoms with van der Waals surface area (Å²) in [5, 5.41) is 0. The van der Waals surface area contributed by atoms with Crippen LogP contribution in [0.1, 0.15) is 28.4 Å². The van der Waals surface area contributed by atoms with Crippen molar-refractivity contribution in [3.8, 4) is 11.8 Å². The molecule has 0 aliphatic carbocycles. The van der Waals surface area contributed by atoms with Crippen LogP contribution < -0.4 is 5.73 Å². The molecule has 114 valence electrons. The number of thiophene rings is 1. The lowest BCUT2D eigenvalue weighted by Gasteiger charge is -2.22. The lowest BCUT2D eigenvalue weighted by Crippen LogP contribution is -2.40. The summed E-state index contributed by atoms with van der Waals surface area (Å²) >= 11 is 1.31. The summed E-state index contributed by atoms with van der Waals surface area (Å²) in [5.74, 6) is 5.43. The molecule has 2 amide bonds. The molecule has 1 aromatic rings. The third-order valence-corrected chi connectivity index (χ3v) is 3.95. The number of rotatable bonds is 5. The SMILES string of the molecule is CCN(CC)C(=O)CN(C)C(=O)c1ccc(C#CCN)s1. The number of amides is 2. The van der Waals surface area contributed by atoms with Crippen molar-refractivity contribution in [2.75, 3.05) is 33.2 Å². The van der Waals surface area contributed by atoms with Gasteiger partial charge in [0.05, 0.1) is 22.8 Å². The van der Waals surface area contributed by atoms with Crippen molar-refractivity contribution in [3.05, 3.63) is 21.9 Å². The fourth-order valence-electron chi connectivity index (χ4n) is 1.80. The van der Waals surface area contributed by atoms with Gasteiger partial charge >= 0.3 is 0 Å². The Kier molecular flexibility index (Phi) is 6.92. The van der Waals surface area contributed by atoms with Gasteiger partial charge in [0.15, 0.2) is 0 Å². The van der Waals surface area contributed by atoms with E-state index in [9.17, 15) is 9.59 Å². The van der Waals surface area contributed by atoms with Crippen LogP contribution in [-0.2, 0) is 4.79 Å². The molecule has 0 unspecified atom stereocenters. The zero-order valence-corrected chi connectivity index (χ0v) is 13.5. The van der Waals surface area contributed by atoms with Crippen LogP contribution in [0.5, 0.6) is 0 Å². The Hall–Kier alpha value is -1.84. The van der Waals surface area contributed by atoms with Crippen molar-refractivity contribution in [3.63, 3.8) is 0 Å². The summed E-state index contributed by atoms with van der Waals surface area (Å²) in [7, 11) is 1.63. The third kappa shape index (κ3) is 4.88. The van der Waals surface area contributed by atoms with Gasteiger partial charge in [-0.05, 0) is 26.0 Å². The maximum absolute atomic E-state index is 12.3. The molecule has 0 spiro atoms. The number of carbonyl (C=O) groups is 2. The molecular weight excluding hydrogens is 286 g/mol. The van der Waals surface area contributed by atoms with Gasteiger partial charge in [-0.2, -0.15) is 0 Å². The Balaban J connectivity index is 2.70. The van der Waals surface area contributed by atoms with Gasteiger partial charge in [0.1, 0.15) is 0 Å². The largest absolute Gasteiger partial charge is 0.342 e. The molecule has 5 nitrogen and oxygen atoms in total. The summed E-state index contributed by atoms with van der Waals surface area (Å²) in [5.41, 5.74) is 5.31. The van der Waals surface area contributed by atoms with Crippen molar-refractivity contribution in [2.45, 2.75) is 13.8 Å². The zero-order valence-electron chi connectivity index (χ0n) is 12.7. The Labute approximate surface area is 129 Å². The predicted molar refractivity (Wildman–Crippen MR) is 85.1 cm³/mol. The van der Waals surface area contributed by atoms with Crippen LogP contribution >= 0.6 is 11.3 Å². The van der Waals surface area contributed by atoms with E-state index in [0.29, 0.717) is 24.5 Å².